The molecule has 3 rings (SSSR count). The van der Waals surface area contributed by atoms with Crippen molar-refractivity contribution in [2.45, 2.75) is 26.3 Å². The summed E-state index contributed by atoms with van der Waals surface area (Å²) in [6.07, 6.45) is 0. The molecule has 8 nitrogen and oxygen atoms in total. The molecule has 1 aliphatic rings. The molecule has 0 spiro atoms. The van der Waals surface area contributed by atoms with Crippen LogP contribution in [-0.2, 0) is 25.7 Å². The number of hydrogen-bond donors (Lipinski definition) is 2. The Hall–Kier alpha value is -3.48. The standard InChI is InChI=1S/C26H26ClN3O5S/c1-4-35-20-10-9-17(11-19(20)27)22-18(12-28)25(30-24(32)23(22)26(33)34-3)36-14-21(31)29-13-16-7-5-15(2)6-8-16/h5-11,22-23H,4,13-14H2,1-3H3,(H,29,31)(H,30,32)/t22-,23+/m0/s1. The number of carbonyl (C=O) groups excluding carboxylic acids is 3. The topological polar surface area (TPSA) is 118 Å². The van der Waals surface area contributed by atoms with Gasteiger partial charge in [-0.05, 0) is 37.1 Å². The quantitative estimate of drug-likeness (QED) is 0.376. The van der Waals surface area contributed by atoms with E-state index >= 15 is 0 Å². The molecule has 0 bridgehead atoms. The number of carbonyl (C=O) groups is 3. The first-order valence-electron chi connectivity index (χ1n) is 11.2. The fourth-order valence-electron chi connectivity index (χ4n) is 3.76. The molecule has 2 amide bonds. The molecule has 2 N–H and O–H groups in total. The minimum Gasteiger partial charge on any atom is -0.492 e. The molecule has 0 aliphatic carbocycles. The fraction of sp³-hybridized carbons (Fsp3) is 0.308. The van der Waals surface area contributed by atoms with Gasteiger partial charge in [-0.15, -0.1) is 0 Å². The highest BCUT2D eigenvalue weighted by molar-refractivity contribution is 8.03. The Bertz CT molecular complexity index is 1220. The van der Waals surface area contributed by atoms with Crippen molar-refractivity contribution in [3.63, 3.8) is 0 Å². The number of allylic oxidation sites excluding steroid dienone is 1. The zero-order valence-electron chi connectivity index (χ0n) is 20.1. The highest BCUT2D eigenvalue weighted by atomic mass is 35.5. The highest BCUT2D eigenvalue weighted by Crippen LogP contribution is 2.42. The SMILES string of the molecule is CCOc1ccc([C@H]2C(C#N)=C(SCC(=O)NCc3ccc(C)cc3)NC(=O)[C@@H]2C(=O)OC)cc1Cl. The van der Waals surface area contributed by atoms with E-state index < -0.39 is 23.7 Å². The maximum atomic E-state index is 13.0. The molecule has 1 aliphatic heterocycles. The zero-order valence-corrected chi connectivity index (χ0v) is 21.7. The molecule has 2 aromatic carbocycles. The first-order chi connectivity index (χ1) is 17.3. The number of nitrogens with zero attached hydrogens (tertiary/aromatic N) is 1. The Balaban J connectivity index is 1.85. The van der Waals surface area contributed by atoms with Crippen molar-refractivity contribution >= 4 is 41.1 Å². The first-order valence-corrected chi connectivity index (χ1v) is 12.6. The Morgan fingerprint density at radius 2 is 1.94 bits per heavy atom. The summed E-state index contributed by atoms with van der Waals surface area (Å²) in [5.41, 5.74) is 2.70. The summed E-state index contributed by atoms with van der Waals surface area (Å²) in [5, 5.41) is 15.9. The van der Waals surface area contributed by atoms with E-state index in [1.54, 1.807) is 18.2 Å². The maximum Gasteiger partial charge on any atom is 0.319 e. The molecule has 188 valence electrons. The van der Waals surface area contributed by atoms with Gasteiger partial charge in [0.05, 0.1) is 41.2 Å². The zero-order chi connectivity index (χ0) is 26.2. The largest absolute Gasteiger partial charge is 0.492 e. The van der Waals surface area contributed by atoms with Crippen LogP contribution in [0.5, 0.6) is 5.75 Å². The number of ether oxygens (including phenoxy) is 2. The summed E-state index contributed by atoms with van der Waals surface area (Å²) in [5.74, 6) is -3.50. The number of hydrogen-bond acceptors (Lipinski definition) is 7. The van der Waals surface area contributed by atoms with Crippen LogP contribution in [0, 0.1) is 24.2 Å². The van der Waals surface area contributed by atoms with Crippen molar-refractivity contribution in [3.05, 3.63) is 74.8 Å². The molecule has 0 saturated heterocycles. The molecular weight excluding hydrogens is 502 g/mol. The number of nitriles is 1. The lowest BCUT2D eigenvalue weighted by Gasteiger charge is -2.31. The summed E-state index contributed by atoms with van der Waals surface area (Å²) >= 11 is 7.37. The number of rotatable bonds is 9. The molecule has 10 heteroatoms. The van der Waals surface area contributed by atoms with Gasteiger partial charge in [-0.25, -0.2) is 0 Å². The normalized spacial score (nSPS) is 17.1. The Morgan fingerprint density at radius 3 is 2.56 bits per heavy atom. The number of aryl methyl sites for hydroxylation is 1. The van der Waals surface area contributed by atoms with Gasteiger partial charge in [0, 0.05) is 12.5 Å². The molecule has 36 heavy (non-hydrogen) atoms. The fourth-order valence-corrected chi connectivity index (χ4v) is 4.88. The average Bonchev–Trinajstić information content (AvgIpc) is 2.87. The smallest absolute Gasteiger partial charge is 0.319 e. The van der Waals surface area contributed by atoms with E-state index in [0.717, 1.165) is 22.9 Å². The average molecular weight is 528 g/mol. The number of nitrogens with one attached hydrogen (secondary N) is 2. The van der Waals surface area contributed by atoms with Gasteiger partial charge in [0.1, 0.15) is 11.7 Å². The number of methoxy groups -OCH3 is 1. The van der Waals surface area contributed by atoms with E-state index in [4.69, 9.17) is 21.1 Å². The molecule has 1 heterocycles. The third-order valence-corrected chi connectivity index (χ3v) is 6.87. The minimum absolute atomic E-state index is 0.0354. The molecule has 0 aromatic heterocycles. The number of esters is 1. The number of benzene rings is 2. The predicted molar refractivity (Wildman–Crippen MR) is 137 cm³/mol. The lowest BCUT2D eigenvalue weighted by atomic mass is 9.78. The van der Waals surface area contributed by atoms with Crippen LogP contribution in [0.1, 0.15) is 29.5 Å². The first kappa shape index (κ1) is 27.1. The number of amides is 2. The van der Waals surface area contributed by atoms with Crippen LogP contribution >= 0.6 is 23.4 Å². The molecule has 2 atom stereocenters. The summed E-state index contributed by atoms with van der Waals surface area (Å²) in [6.45, 7) is 4.57. The molecule has 2 aromatic rings. The molecule has 0 unspecified atom stereocenters. The van der Waals surface area contributed by atoms with Gasteiger partial charge in [0.25, 0.3) is 0 Å². The monoisotopic (exact) mass is 527 g/mol. The minimum atomic E-state index is -1.29. The van der Waals surface area contributed by atoms with E-state index in [1.165, 1.54) is 7.11 Å². The summed E-state index contributed by atoms with van der Waals surface area (Å²) in [6, 6.07) is 14.7. The van der Waals surface area contributed by atoms with Gasteiger partial charge in [-0.2, -0.15) is 5.26 Å². The van der Waals surface area contributed by atoms with Gasteiger partial charge >= 0.3 is 5.97 Å². The van der Waals surface area contributed by atoms with Crippen molar-refractivity contribution < 1.29 is 23.9 Å². The van der Waals surface area contributed by atoms with Crippen LogP contribution in [0.3, 0.4) is 0 Å². The molecular formula is C26H26ClN3O5S. The second kappa shape index (κ2) is 12.5. The van der Waals surface area contributed by atoms with E-state index in [1.807, 2.05) is 38.1 Å². The van der Waals surface area contributed by atoms with Crippen molar-refractivity contribution in [1.29, 1.82) is 5.26 Å². The second-order valence-electron chi connectivity index (χ2n) is 8.00. The van der Waals surface area contributed by atoms with Gasteiger partial charge in [0.15, 0.2) is 0 Å². The van der Waals surface area contributed by atoms with Crippen LogP contribution in [-0.4, -0.2) is 37.3 Å². The Morgan fingerprint density at radius 1 is 1.22 bits per heavy atom. The van der Waals surface area contributed by atoms with Crippen LogP contribution in [0.15, 0.2) is 53.1 Å². The van der Waals surface area contributed by atoms with Gasteiger partial charge in [0.2, 0.25) is 11.8 Å². The van der Waals surface area contributed by atoms with Gasteiger partial charge < -0.3 is 20.1 Å². The van der Waals surface area contributed by atoms with Crippen LogP contribution in [0.4, 0.5) is 0 Å². The summed E-state index contributed by atoms with van der Waals surface area (Å²) in [4.78, 5) is 38.0. The number of thioether (sulfide) groups is 1. The van der Waals surface area contributed by atoms with Crippen LogP contribution < -0.4 is 15.4 Å². The lowest BCUT2D eigenvalue weighted by molar-refractivity contribution is -0.150. The predicted octanol–water partition coefficient (Wildman–Crippen LogP) is 3.83. The summed E-state index contributed by atoms with van der Waals surface area (Å²) in [7, 11) is 1.18. The van der Waals surface area contributed by atoms with Gasteiger partial charge in [-0.1, -0.05) is 59.3 Å². The van der Waals surface area contributed by atoms with Crippen molar-refractivity contribution in [2.24, 2.45) is 5.92 Å². The Kier molecular flexibility index (Phi) is 9.39. The Labute approximate surface area is 219 Å². The van der Waals surface area contributed by atoms with E-state index in [2.05, 4.69) is 16.7 Å². The third kappa shape index (κ3) is 6.39. The summed E-state index contributed by atoms with van der Waals surface area (Å²) < 4.78 is 10.3. The van der Waals surface area contributed by atoms with Crippen LogP contribution in [0.2, 0.25) is 5.02 Å². The van der Waals surface area contributed by atoms with Crippen molar-refractivity contribution in [2.75, 3.05) is 19.5 Å². The second-order valence-corrected chi connectivity index (χ2v) is 9.39. The molecule has 0 saturated carbocycles. The van der Waals surface area contributed by atoms with Crippen molar-refractivity contribution in [3.8, 4) is 11.8 Å². The molecule has 0 radical (unpaired) electrons. The van der Waals surface area contributed by atoms with Crippen molar-refractivity contribution in [1.82, 2.24) is 10.6 Å². The lowest BCUT2D eigenvalue weighted by Crippen LogP contribution is -2.44. The maximum absolute atomic E-state index is 13.0. The molecule has 0 fully saturated rings. The highest BCUT2D eigenvalue weighted by Gasteiger charge is 2.44. The van der Waals surface area contributed by atoms with E-state index in [9.17, 15) is 19.6 Å². The van der Waals surface area contributed by atoms with E-state index in [0.29, 0.717) is 24.5 Å². The van der Waals surface area contributed by atoms with Crippen LogP contribution in [0.25, 0.3) is 0 Å². The third-order valence-electron chi connectivity index (χ3n) is 5.56. The van der Waals surface area contributed by atoms with E-state index in [-0.39, 0.29) is 27.3 Å². The van der Waals surface area contributed by atoms with Gasteiger partial charge in [-0.3, -0.25) is 14.4 Å². The number of halogens is 1.